The molecule has 1 heterocycles. The van der Waals surface area contributed by atoms with Gasteiger partial charge in [0, 0.05) is 6.54 Å². The van der Waals surface area contributed by atoms with Crippen molar-refractivity contribution >= 4 is 17.8 Å². The third-order valence-corrected chi connectivity index (χ3v) is 4.26. The summed E-state index contributed by atoms with van der Waals surface area (Å²) in [5.74, 6) is -0.613. The van der Waals surface area contributed by atoms with Gasteiger partial charge in [-0.25, -0.2) is 4.79 Å². The number of imide groups is 1. The van der Waals surface area contributed by atoms with Crippen LogP contribution in [0.5, 0.6) is 0 Å². The van der Waals surface area contributed by atoms with Crippen LogP contribution in [0, 0.1) is 0 Å². The molecule has 2 aromatic rings. The molecule has 0 saturated carbocycles. The highest BCUT2D eigenvalue weighted by atomic mass is 16.2. The largest absolute Gasteiger partial charge is 0.356 e. The lowest BCUT2D eigenvalue weighted by atomic mass is 10.1. The molecule has 0 bridgehead atoms. The first-order chi connectivity index (χ1) is 12.6. The van der Waals surface area contributed by atoms with Crippen molar-refractivity contribution in [1.29, 1.82) is 0 Å². The summed E-state index contributed by atoms with van der Waals surface area (Å²) in [5, 5.41) is 5.39. The Balaban J connectivity index is 1.48. The molecule has 1 aliphatic heterocycles. The Morgan fingerprint density at radius 2 is 1.58 bits per heavy atom. The fourth-order valence-electron chi connectivity index (χ4n) is 2.88. The van der Waals surface area contributed by atoms with Crippen molar-refractivity contribution in [3.63, 3.8) is 0 Å². The predicted molar refractivity (Wildman–Crippen MR) is 97.1 cm³/mol. The van der Waals surface area contributed by atoms with Gasteiger partial charge >= 0.3 is 6.03 Å². The first kappa shape index (κ1) is 17.7. The molecule has 0 aliphatic carbocycles. The van der Waals surface area contributed by atoms with Gasteiger partial charge in [-0.15, -0.1) is 0 Å². The van der Waals surface area contributed by atoms with E-state index in [4.69, 9.17) is 0 Å². The van der Waals surface area contributed by atoms with Gasteiger partial charge in [0.05, 0.1) is 13.0 Å². The number of hydrogen-bond donors (Lipinski definition) is 2. The van der Waals surface area contributed by atoms with Crippen molar-refractivity contribution < 1.29 is 14.4 Å². The molecule has 2 aromatic carbocycles. The second kappa shape index (κ2) is 8.29. The average Bonchev–Trinajstić information content (AvgIpc) is 2.91. The van der Waals surface area contributed by atoms with E-state index in [0.717, 1.165) is 22.4 Å². The Morgan fingerprint density at radius 3 is 2.23 bits per heavy atom. The molecule has 26 heavy (non-hydrogen) atoms. The van der Waals surface area contributed by atoms with Crippen LogP contribution in [0.15, 0.2) is 60.7 Å². The lowest BCUT2D eigenvalue weighted by Gasteiger charge is -2.13. The Hall–Kier alpha value is -3.15. The number of carbonyl (C=O) groups is 3. The molecule has 0 aromatic heterocycles. The van der Waals surface area contributed by atoms with Gasteiger partial charge in [-0.3, -0.25) is 14.5 Å². The lowest BCUT2D eigenvalue weighted by molar-refractivity contribution is -0.131. The Labute approximate surface area is 152 Å². The molecule has 4 amide bonds. The van der Waals surface area contributed by atoms with Gasteiger partial charge in [0.15, 0.2) is 0 Å². The van der Waals surface area contributed by atoms with Crippen molar-refractivity contribution in [2.24, 2.45) is 0 Å². The predicted octanol–water partition coefficient (Wildman–Crippen LogP) is 1.86. The quantitative estimate of drug-likeness (QED) is 0.748. The summed E-state index contributed by atoms with van der Waals surface area (Å²) in [5.41, 5.74) is 2.00. The van der Waals surface area contributed by atoms with E-state index >= 15 is 0 Å². The van der Waals surface area contributed by atoms with E-state index in [1.54, 1.807) is 0 Å². The maximum atomic E-state index is 12.4. The van der Waals surface area contributed by atoms with Crippen molar-refractivity contribution in [2.75, 3.05) is 6.54 Å². The van der Waals surface area contributed by atoms with Crippen LogP contribution < -0.4 is 10.6 Å². The van der Waals surface area contributed by atoms with E-state index in [2.05, 4.69) is 10.6 Å². The zero-order valence-electron chi connectivity index (χ0n) is 14.4. The minimum atomic E-state index is -0.803. The molecule has 3 rings (SSSR count). The SMILES string of the molecule is O=C(C[C@@H]1NC(=O)N(Cc2ccccc2)C1=O)NCCc1ccccc1. The zero-order chi connectivity index (χ0) is 18.4. The molecule has 2 N–H and O–H groups in total. The molecule has 1 atom stereocenters. The van der Waals surface area contributed by atoms with Crippen LogP contribution >= 0.6 is 0 Å². The van der Waals surface area contributed by atoms with E-state index in [0.29, 0.717) is 6.54 Å². The fraction of sp³-hybridized carbons (Fsp3) is 0.250. The summed E-state index contributed by atoms with van der Waals surface area (Å²) in [6.07, 6.45) is 0.669. The van der Waals surface area contributed by atoms with Crippen LogP contribution in [-0.4, -0.2) is 35.3 Å². The van der Waals surface area contributed by atoms with Crippen LogP contribution in [0.2, 0.25) is 0 Å². The molecule has 134 valence electrons. The maximum Gasteiger partial charge on any atom is 0.325 e. The van der Waals surface area contributed by atoms with Crippen molar-refractivity contribution in [3.05, 3.63) is 71.8 Å². The molecular weight excluding hydrogens is 330 g/mol. The minimum absolute atomic E-state index is 0.0509. The van der Waals surface area contributed by atoms with Crippen molar-refractivity contribution in [1.82, 2.24) is 15.5 Å². The van der Waals surface area contributed by atoms with Crippen LogP contribution in [0.25, 0.3) is 0 Å². The molecule has 1 fully saturated rings. The van der Waals surface area contributed by atoms with Crippen LogP contribution in [-0.2, 0) is 22.6 Å². The van der Waals surface area contributed by atoms with Crippen molar-refractivity contribution in [3.8, 4) is 0 Å². The molecule has 1 aliphatic rings. The summed E-state index contributed by atoms with van der Waals surface area (Å²) in [6, 6.07) is 17.9. The minimum Gasteiger partial charge on any atom is -0.356 e. The summed E-state index contributed by atoms with van der Waals surface area (Å²) in [7, 11) is 0. The topological polar surface area (TPSA) is 78.5 Å². The monoisotopic (exact) mass is 351 g/mol. The first-order valence-electron chi connectivity index (χ1n) is 8.60. The van der Waals surface area contributed by atoms with E-state index in [1.807, 2.05) is 60.7 Å². The number of urea groups is 1. The van der Waals surface area contributed by atoms with Crippen LogP contribution in [0.4, 0.5) is 4.79 Å². The fourth-order valence-corrected chi connectivity index (χ4v) is 2.88. The Kier molecular flexibility index (Phi) is 5.63. The third-order valence-electron chi connectivity index (χ3n) is 4.26. The normalized spacial score (nSPS) is 16.5. The van der Waals surface area contributed by atoms with Gasteiger partial charge in [-0.05, 0) is 17.5 Å². The van der Waals surface area contributed by atoms with E-state index in [-0.39, 0.29) is 24.8 Å². The standard InChI is InChI=1S/C20H21N3O3/c24-18(21-12-11-15-7-3-1-4-8-15)13-17-19(25)23(20(26)22-17)14-16-9-5-2-6-10-16/h1-10,17H,11-14H2,(H,21,24)(H,22,26)/t17-/m0/s1. The Morgan fingerprint density at radius 1 is 0.962 bits per heavy atom. The Bertz CT molecular complexity index is 777. The van der Waals surface area contributed by atoms with E-state index in [9.17, 15) is 14.4 Å². The number of benzene rings is 2. The third kappa shape index (κ3) is 4.47. The van der Waals surface area contributed by atoms with E-state index in [1.165, 1.54) is 0 Å². The number of hydrogen-bond acceptors (Lipinski definition) is 3. The highest BCUT2D eigenvalue weighted by Crippen LogP contribution is 2.14. The second-order valence-electron chi connectivity index (χ2n) is 6.20. The first-order valence-corrected chi connectivity index (χ1v) is 8.60. The smallest absolute Gasteiger partial charge is 0.325 e. The molecule has 0 spiro atoms. The summed E-state index contributed by atoms with van der Waals surface area (Å²) >= 11 is 0. The second-order valence-corrected chi connectivity index (χ2v) is 6.20. The number of rotatable bonds is 7. The molecule has 0 radical (unpaired) electrons. The summed E-state index contributed by atoms with van der Waals surface area (Å²) in [4.78, 5) is 37.7. The van der Waals surface area contributed by atoms with Gasteiger partial charge in [0.1, 0.15) is 6.04 Å². The van der Waals surface area contributed by atoms with Gasteiger partial charge in [0.25, 0.3) is 5.91 Å². The van der Waals surface area contributed by atoms with Gasteiger partial charge < -0.3 is 10.6 Å². The molecule has 0 unspecified atom stereocenters. The molecule has 1 saturated heterocycles. The number of nitrogens with one attached hydrogen (secondary N) is 2. The van der Waals surface area contributed by atoms with Crippen molar-refractivity contribution in [2.45, 2.75) is 25.4 Å². The van der Waals surface area contributed by atoms with Gasteiger partial charge in [-0.2, -0.15) is 0 Å². The maximum absolute atomic E-state index is 12.4. The summed E-state index contributed by atoms with van der Waals surface area (Å²) < 4.78 is 0. The number of nitrogens with zero attached hydrogens (tertiary/aromatic N) is 1. The van der Waals surface area contributed by atoms with Gasteiger partial charge in [0.2, 0.25) is 5.91 Å². The van der Waals surface area contributed by atoms with E-state index < -0.39 is 12.1 Å². The highest BCUT2D eigenvalue weighted by molar-refractivity contribution is 6.05. The number of carbonyl (C=O) groups excluding carboxylic acids is 3. The molecular formula is C20H21N3O3. The van der Waals surface area contributed by atoms with Gasteiger partial charge in [-0.1, -0.05) is 60.7 Å². The highest BCUT2D eigenvalue weighted by Gasteiger charge is 2.38. The van der Waals surface area contributed by atoms with Crippen LogP contribution in [0.1, 0.15) is 17.5 Å². The molecule has 6 heteroatoms. The zero-order valence-corrected chi connectivity index (χ0v) is 14.4. The summed E-state index contributed by atoms with van der Waals surface area (Å²) in [6.45, 7) is 0.697. The van der Waals surface area contributed by atoms with Crippen LogP contribution in [0.3, 0.4) is 0 Å². The lowest BCUT2D eigenvalue weighted by Crippen LogP contribution is -2.37. The molecule has 6 nitrogen and oxygen atoms in total. The average molecular weight is 351 g/mol. The number of amides is 4.